The largest absolute Gasteiger partial charge is 0.481 e. The Hall–Kier alpha value is -1.86. The summed E-state index contributed by atoms with van der Waals surface area (Å²) >= 11 is 0. The van der Waals surface area contributed by atoms with Gasteiger partial charge in [0.15, 0.2) is 0 Å². The van der Waals surface area contributed by atoms with E-state index in [-0.39, 0.29) is 6.42 Å². The van der Waals surface area contributed by atoms with Gasteiger partial charge in [-0.05, 0) is 23.6 Å². The summed E-state index contributed by atoms with van der Waals surface area (Å²) in [6.45, 7) is 2.54. The van der Waals surface area contributed by atoms with Crippen LogP contribution >= 0.6 is 0 Å². The van der Waals surface area contributed by atoms with Crippen LogP contribution < -0.4 is 0 Å². The standard InChI is InChI=1S/C13H14N2O2/c14-6-10-1-3-11(4-2-10)7-15-8-12(9-15)5-13(16)17/h1-4,12H,5,7-9H2,(H,16,17). The van der Waals surface area contributed by atoms with Gasteiger partial charge in [0.1, 0.15) is 0 Å². The second kappa shape index (κ2) is 4.98. The Morgan fingerprint density at radius 3 is 2.59 bits per heavy atom. The highest BCUT2D eigenvalue weighted by Gasteiger charge is 2.28. The number of aliphatic carboxylic acids is 1. The van der Waals surface area contributed by atoms with Crippen molar-refractivity contribution in [2.45, 2.75) is 13.0 Å². The van der Waals surface area contributed by atoms with E-state index in [0.29, 0.717) is 11.5 Å². The summed E-state index contributed by atoms with van der Waals surface area (Å²) in [7, 11) is 0. The molecule has 1 N–H and O–H groups in total. The molecule has 2 rings (SSSR count). The van der Waals surface area contributed by atoms with E-state index in [2.05, 4.69) is 11.0 Å². The van der Waals surface area contributed by atoms with Gasteiger partial charge in [0.2, 0.25) is 0 Å². The third-order valence-corrected chi connectivity index (χ3v) is 2.99. The zero-order valence-electron chi connectivity index (χ0n) is 9.47. The SMILES string of the molecule is N#Cc1ccc(CN2CC(CC(=O)O)C2)cc1. The monoisotopic (exact) mass is 230 g/mol. The quantitative estimate of drug-likeness (QED) is 0.850. The van der Waals surface area contributed by atoms with Crippen LogP contribution in [-0.4, -0.2) is 29.1 Å². The number of likely N-dealkylation sites (tertiary alicyclic amines) is 1. The predicted molar refractivity (Wildman–Crippen MR) is 62.2 cm³/mol. The van der Waals surface area contributed by atoms with Crippen molar-refractivity contribution in [1.82, 2.24) is 4.90 Å². The van der Waals surface area contributed by atoms with Crippen molar-refractivity contribution in [3.63, 3.8) is 0 Å². The van der Waals surface area contributed by atoms with Crippen LogP contribution in [0.1, 0.15) is 17.5 Å². The topological polar surface area (TPSA) is 64.3 Å². The fourth-order valence-electron chi connectivity index (χ4n) is 2.12. The van der Waals surface area contributed by atoms with Gasteiger partial charge in [-0.25, -0.2) is 0 Å². The van der Waals surface area contributed by atoms with Crippen molar-refractivity contribution >= 4 is 5.97 Å². The minimum atomic E-state index is -0.715. The van der Waals surface area contributed by atoms with Gasteiger partial charge in [-0.3, -0.25) is 9.69 Å². The number of benzene rings is 1. The Bertz CT molecular complexity index is 441. The Morgan fingerprint density at radius 1 is 1.41 bits per heavy atom. The van der Waals surface area contributed by atoms with Gasteiger partial charge < -0.3 is 5.11 Å². The van der Waals surface area contributed by atoms with Gasteiger partial charge in [0, 0.05) is 19.6 Å². The molecule has 0 atom stereocenters. The average Bonchev–Trinajstić information content (AvgIpc) is 2.26. The van der Waals surface area contributed by atoms with E-state index < -0.39 is 5.97 Å². The Morgan fingerprint density at radius 2 is 2.06 bits per heavy atom. The number of carboxylic acid groups (broad SMARTS) is 1. The van der Waals surface area contributed by atoms with E-state index in [9.17, 15) is 4.79 Å². The van der Waals surface area contributed by atoms with E-state index >= 15 is 0 Å². The van der Waals surface area contributed by atoms with Crippen LogP contribution in [0.25, 0.3) is 0 Å². The maximum atomic E-state index is 10.5. The lowest BCUT2D eigenvalue weighted by Crippen LogP contribution is -2.46. The molecular weight excluding hydrogens is 216 g/mol. The summed E-state index contributed by atoms with van der Waals surface area (Å²) in [5.74, 6) is -0.418. The highest BCUT2D eigenvalue weighted by molar-refractivity contribution is 5.67. The van der Waals surface area contributed by atoms with E-state index in [1.165, 1.54) is 0 Å². The number of nitrogens with zero attached hydrogens (tertiary/aromatic N) is 2. The zero-order chi connectivity index (χ0) is 12.3. The predicted octanol–water partition coefficient (Wildman–Crippen LogP) is 1.46. The molecule has 4 nitrogen and oxygen atoms in total. The van der Waals surface area contributed by atoms with Crippen LogP contribution in [0.5, 0.6) is 0 Å². The van der Waals surface area contributed by atoms with Gasteiger partial charge in [-0.1, -0.05) is 12.1 Å². The first-order chi connectivity index (χ1) is 8.17. The fourth-order valence-corrected chi connectivity index (χ4v) is 2.12. The van der Waals surface area contributed by atoms with Gasteiger partial charge in [0.05, 0.1) is 18.1 Å². The smallest absolute Gasteiger partial charge is 0.303 e. The molecule has 0 radical (unpaired) electrons. The third kappa shape index (κ3) is 3.05. The van der Waals surface area contributed by atoms with Crippen LogP contribution in [-0.2, 0) is 11.3 Å². The number of hydrogen-bond acceptors (Lipinski definition) is 3. The number of rotatable bonds is 4. The highest BCUT2D eigenvalue weighted by atomic mass is 16.4. The highest BCUT2D eigenvalue weighted by Crippen LogP contribution is 2.21. The molecule has 0 amide bonds. The van der Waals surface area contributed by atoms with Gasteiger partial charge >= 0.3 is 5.97 Å². The van der Waals surface area contributed by atoms with Gasteiger partial charge in [-0.15, -0.1) is 0 Å². The molecule has 1 aromatic rings. The van der Waals surface area contributed by atoms with Gasteiger partial charge in [0.25, 0.3) is 0 Å². The molecule has 0 saturated carbocycles. The van der Waals surface area contributed by atoms with Crippen molar-refractivity contribution < 1.29 is 9.90 Å². The number of nitriles is 1. The third-order valence-electron chi connectivity index (χ3n) is 2.99. The van der Waals surface area contributed by atoms with E-state index in [1.807, 2.05) is 24.3 Å². The molecule has 0 aliphatic carbocycles. The molecule has 88 valence electrons. The summed E-state index contributed by atoms with van der Waals surface area (Å²) < 4.78 is 0. The van der Waals surface area contributed by atoms with Crippen molar-refractivity contribution in [3.8, 4) is 6.07 Å². The first-order valence-corrected chi connectivity index (χ1v) is 5.60. The Labute approximate surface area is 100 Å². The molecule has 0 bridgehead atoms. The fraction of sp³-hybridized carbons (Fsp3) is 0.385. The Balaban J connectivity index is 1.80. The second-order valence-electron chi connectivity index (χ2n) is 4.47. The summed E-state index contributed by atoms with van der Waals surface area (Å²) in [5.41, 5.74) is 1.83. The number of carbonyl (C=O) groups is 1. The summed E-state index contributed by atoms with van der Waals surface area (Å²) in [6.07, 6.45) is 0.268. The molecule has 17 heavy (non-hydrogen) atoms. The molecule has 1 aliphatic heterocycles. The maximum Gasteiger partial charge on any atom is 0.303 e. The van der Waals surface area contributed by atoms with Gasteiger partial charge in [-0.2, -0.15) is 5.26 Å². The summed E-state index contributed by atoms with van der Waals surface area (Å²) in [5, 5.41) is 17.3. The van der Waals surface area contributed by atoms with E-state index in [0.717, 1.165) is 25.2 Å². The number of hydrogen-bond donors (Lipinski definition) is 1. The van der Waals surface area contributed by atoms with Crippen LogP contribution in [0.3, 0.4) is 0 Å². The lowest BCUT2D eigenvalue weighted by Gasteiger charge is -2.38. The van der Waals surface area contributed by atoms with Crippen molar-refractivity contribution in [2.75, 3.05) is 13.1 Å². The molecule has 0 spiro atoms. The van der Waals surface area contributed by atoms with E-state index in [1.54, 1.807) is 0 Å². The average molecular weight is 230 g/mol. The normalized spacial score (nSPS) is 16.2. The molecule has 1 heterocycles. The van der Waals surface area contributed by atoms with Crippen LogP contribution in [0.4, 0.5) is 0 Å². The summed E-state index contributed by atoms with van der Waals surface area (Å²) in [4.78, 5) is 12.7. The molecule has 1 aliphatic rings. The molecule has 0 unspecified atom stereocenters. The lowest BCUT2D eigenvalue weighted by molar-refractivity contribution is -0.139. The molecule has 1 aromatic carbocycles. The molecule has 4 heteroatoms. The molecule has 1 fully saturated rings. The van der Waals surface area contributed by atoms with Crippen LogP contribution in [0, 0.1) is 17.2 Å². The first kappa shape index (κ1) is 11.6. The van der Waals surface area contributed by atoms with Crippen molar-refractivity contribution in [1.29, 1.82) is 5.26 Å². The molecule has 0 aromatic heterocycles. The minimum Gasteiger partial charge on any atom is -0.481 e. The Kier molecular flexibility index (Phi) is 3.40. The van der Waals surface area contributed by atoms with Crippen LogP contribution in [0.15, 0.2) is 24.3 Å². The molecule has 1 saturated heterocycles. The first-order valence-electron chi connectivity index (χ1n) is 5.60. The maximum absolute atomic E-state index is 10.5. The van der Waals surface area contributed by atoms with Crippen molar-refractivity contribution in [2.24, 2.45) is 5.92 Å². The number of carboxylic acids is 1. The van der Waals surface area contributed by atoms with E-state index in [4.69, 9.17) is 10.4 Å². The summed E-state index contributed by atoms with van der Waals surface area (Å²) in [6, 6.07) is 9.60. The molecular formula is C13H14N2O2. The van der Waals surface area contributed by atoms with Crippen LogP contribution in [0.2, 0.25) is 0 Å². The minimum absolute atomic E-state index is 0.268. The lowest BCUT2D eigenvalue weighted by atomic mass is 9.96. The zero-order valence-corrected chi connectivity index (χ0v) is 9.47. The second-order valence-corrected chi connectivity index (χ2v) is 4.47. The van der Waals surface area contributed by atoms with Crippen molar-refractivity contribution in [3.05, 3.63) is 35.4 Å².